The summed E-state index contributed by atoms with van der Waals surface area (Å²) in [7, 11) is 0.521. The molecule has 0 aromatic rings. The summed E-state index contributed by atoms with van der Waals surface area (Å²) in [5.41, 5.74) is 2.18. The lowest BCUT2D eigenvalue weighted by atomic mass is 10.3. The van der Waals surface area contributed by atoms with E-state index >= 15 is 0 Å². The molecule has 0 aliphatic carbocycles. The van der Waals surface area contributed by atoms with Gasteiger partial charge in [0.05, 0.1) is 0 Å². The Morgan fingerprint density at radius 3 is 2.56 bits per heavy atom. The molecule has 2 atom stereocenters. The minimum absolute atomic E-state index is 0.521. The van der Waals surface area contributed by atoms with Crippen LogP contribution in [0.5, 0.6) is 0 Å². The van der Waals surface area contributed by atoms with Gasteiger partial charge in [-0.15, -0.1) is 0 Å². The predicted octanol–water partition coefficient (Wildman–Crippen LogP) is 3.06. The molecule has 0 aromatic heterocycles. The van der Waals surface area contributed by atoms with Crippen LogP contribution in [-0.4, -0.2) is 17.5 Å². The minimum atomic E-state index is 0.521. The second-order valence-corrected chi connectivity index (χ2v) is 6.39. The SMILES string of the molecule is CCCC1CP1C(C)C. The van der Waals surface area contributed by atoms with E-state index in [1.807, 2.05) is 0 Å². The van der Waals surface area contributed by atoms with Crippen LogP contribution in [0, 0.1) is 0 Å². The smallest absolute Gasteiger partial charge is 0.0167 e. The molecule has 0 aromatic carbocycles. The quantitative estimate of drug-likeness (QED) is 0.534. The third-order valence-electron chi connectivity index (χ3n) is 2.04. The Balaban J connectivity index is 2.09. The molecule has 1 heterocycles. The normalized spacial score (nSPS) is 33.3. The third-order valence-corrected chi connectivity index (χ3v) is 5.14. The van der Waals surface area contributed by atoms with Crippen molar-refractivity contribution in [3.05, 3.63) is 0 Å². The molecule has 54 valence electrons. The van der Waals surface area contributed by atoms with Gasteiger partial charge in [-0.1, -0.05) is 35.1 Å². The van der Waals surface area contributed by atoms with Gasteiger partial charge in [0, 0.05) is 0 Å². The van der Waals surface area contributed by atoms with Crippen molar-refractivity contribution in [3.8, 4) is 0 Å². The average Bonchev–Trinajstić information content (AvgIpc) is 2.47. The summed E-state index contributed by atoms with van der Waals surface area (Å²) < 4.78 is 0. The number of hydrogen-bond acceptors (Lipinski definition) is 0. The van der Waals surface area contributed by atoms with Crippen LogP contribution in [0.3, 0.4) is 0 Å². The zero-order valence-electron chi connectivity index (χ0n) is 6.72. The van der Waals surface area contributed by atoms with Crippen LogP contribution in [0.4, 0.5) is 0 Å². The van der Waals surface area contributed by atoms with Gasteiger partial charge in [-0.25, -0.2) is 0 Å². The third kappa shape index (κ3) is 1.93. The summed E-state index contributed by atoms with van der Waals surface area (Å²) in [5.74, 6) is 0. The van der Waals surface area contributed by atoms with Crippen molar-refractivity contribution < 1.29 is 0 Å². The highest BCUT2D eigenvalue weighted by Crippen LogP contribution is 2.63. The first-order valence-electron chi connectivity index (χ1n) is 4.01. The summed E-state index contributed by atoms with van der Waals surface area (Å²) in [4.78, 5) is 0. The molecule has 1 aliphatic heterocycles. The Kier molecular flexibility index (Phi) is 2.52. The van der Waals surface area contributed by atoms with Crippen LogP contribution in [0.25, 0.3) is 0 Å². The first kappa shape index (κ1) is 7.54. The molecule has 1 fully saturated rings. The zero-order chi connectivity index (χ0) is 6.85. The molecule has 0 radical (unpaired) electrons. The molecule has 1 rings (SSSR count). The fourth-order valence-corrected chi connectivity index (χ4v) is 4.13. The summed E-state index contributed by atoms with van der Waals surface area (Å²) in [6, 6.07) is 0. The van der Waals surface area contributed by atoms with Crippen molar-refractivity contribution >= 4 is 7.92 Å². The van der Waals surface area contributed by atoms with Gasteiger partial charge < -0.3 is 0 Å². The molecular formula is C8H17P. The maximum absolute atomic E-state index is 2.38. The molecule has 0 amide bonds. The largest absolute Gasteiger partial charge is 0.0999 e. The molecule has 0 bridgehead atoms. The van der Waals surface area contributed by atoms with Crippen molar-refractivity contribution in [2.75, 3.05) is 6.16 Å². The second-order valence-electron chi connectivity index (χ2n) is 3.23. The van der Waals surface area contributed by atoms with Crippen molar-refractivity contribution in [3.63, 3.8) is 0 Å². The molecule has 9 heavy (non-hydrogen) atoms. The van der Waals surface area contributed by atoms with Gasteiger partial charge in [0.25, 0.3) is 0 Å². The topological polar surface area (TPSA) is 0 Å². The highest BCUT2D eigenvalue weighted by Gasteiger charge is 2.36. The van der Waals surface area contributed by atoms with E-state index in [9.17, 15) is 0 Å². The standard InChI is InChI=1S/C8H17P/c1-4-5-8-6-9(8)7(2)3/h7-8H,4-6H2,1-3H3. The zero-order valence-corrected chi connectivity index (χ0v) is 7.62. The van der Waals surface area contributed by atoms with Crippen LogP contribution >= 0.6 is 7.92 Å². The average molecular weight is 144 g/mol. The fraction of sp³-hybridized carbons (Fsp3) is 1.00. The molecule has 1 saturated heterocycles. The van der Waals surface area contributed by atoms with Gasteiger partial charge in [-0.05, 0) is 23.9 Å². The number of rotatable bonds is 3. The number of hydrogen-bond donors (Lipinski definition) is 0. The molecule has 0 saturated carbocycles. The van der Waals surface area contributed by atoms with E-state index in [1.165, 1.54) is 18.5 Å². The van der Waals surface area contributed by atoms with Gasteiger partial charge in [0.1, 0.15) is 0 Å². The lowest BCUT2D eigenvalue weighted by Gasteiger charge is -2.01. The summed E-state index contributed by atoms with van der Waals surface area (Å²) in [6.45, 7) is 7.05. The van der Waals surface area contributed by atoms with E-state index < -0.39 is 0 Å². The van der Waals surface area contributed by atoms with E-state index in [-0.39, 0.29) is 0 Å². The van der Waals surface area contributed by atoms with E-state index in [1.54, 1.807) is 6.16 Å². The van der Waals surface area contributed by atoms with Crippen LogP contribution < -0.4 is 0 Å². The Morgan fingerprint density at radius 1 is 1.56 bits per heavy atom. The van der Waals surface area contributed by atoms with Crippen molar-refractivity contribution in [2.24, 2.45) is 0 Å². The van der Waals surface area contributed by atoms with Gasteiger partial charge in [0.2, 0.25) is 0 Å². The monoisotopic (exact) mass is 144 g/mol. The summed E-state index contributed by atoms with van der Waals surface area (Å²) in [6.07, 6.45) is 4.49. The minimum Gasteiger partial charge on any atom is -0.0999 e. The van der Waals surface area contributed by atoms with Crippen molar-refractivity contribution in [1.82, 2.24) is 0 Å². The molecule has 0 N–H and O–H groups in total. The van der Waals surface area contributed by atoms with E-state index in [2.05, 4.69) is 20.8 Å². The Labute approximate surface area is 59.8 Å². The van der Waals surface area contributed by atoms with Crippen molar-refractivity contribution in [1.29, 1.82) is 0 Å². The molecule has 0 nitrogen and oxygen atoms in total. The van der Waals surface area contributed by atoms with Gasteiger partial charge >= 0.3 is 0 Å². The molecule has 0 spiro atoms. The van der Waals surface area contributed by atoms with E-state index in [0.29, 0.717) is 7.92 Å². The first-order chi connectivity index (χ1) is 4.25. The van der Waals surface area contributed by atoms with Gasteiger partial charge in [0.15, 0.2) is 0 Å². The van der Waals surface area contributed by atoms with Crippen LogP contribution in [-0.2, 0) is 0 Å². The molecule has 2 unspecified atom stereocenters. The Hall–Kier alpha value is 0.430. The summed E-state index contributed by atoms with van der Waals surface area (Å²) in [5, 5.41) is 0. The van der Waals surface area contributed by atoms with Gasteiger partial charge in [-0.2, -0.15) is 0 Å². The molecular weight excluding hydrogens is 127 g/mol. The fourth-order valence-electron chi connectivity index (χ4n) is 1.42. The highest BCUT2D eigenvalue weighted by molar-refractivity contribution is 7.66. The van der Waals surface area contributed by atoms with E-state index in [0.717, 1.165) is 5.66 Å². The van der Waals surface area contributed by atoms with Crippen LogP contribution in [0.15, 0.2) is 0 Å². The predicted molar refractivity (Wildman–Crippen MR) is 45.6 cm³/mol. The maximum atomic E-state index is 2.38. The lowest BCUT2D eigenvalue weighted by molar-refractivity contribution is 0.827. The van der Waals surface area contributed by atoms with E-state index in [4.69, 9.17) is 0 Å². The maximum Gasteiger partial charge on any atom is -0.0167 e. The Bertz CT molecular complexity index is 88.6. The van der Waals surface area contributed by atoms with Crippen LogP contribution in [0.1, 0.15) is 33.6 Å². The molecule has 1 aliphatic rings. The van der Waals surface area contributed by atoms with Crippen LogP contribution in [0.2, 0.25) is 0 Å². The second kappa shape index (κ2) is 3.01. The lowest BCUT2D eigenvalue weighted by Crippen LogP contribution is -1.85. The van der Waals surface area contributed by atoms with Gasteiger partial charge in [-0.3, -0.25) is 0 Å². The van der Waals surface area contributed by atoms with Crippen molar-refractivity contribution in [2.45, 2.75) is 44.9 Å². The molecule has 1 heteroatoms. The highest BCUT2D eigenvalue weighted by atomic mass is 31.1. The Morgan fingerprint density at radius 2 is 2.22 bits per heavy atom. The summed E-state index contributed by atoms with van der Waals surface area (Å²) >= 11 is 0. The first-order valence-corrected chi connectivity index (χ1v) is 5.68.